The number of benzene rings is 1. The Bertz CT molecular complexity index is 1510. The molecule has 0 aliphatic rings. The third-order valence-electron chi connectivity index (χ3n) is 4.67. The molecule has 1 aromatic carbocycles. The number of pyridine rings is 1. The quantitative estimate of drug-likeness (QED) is 0.342. The first-order chi connectivity index (χ1) is 16.8. The van der Waals surface area contributed by atoms with E-state index in [0.717, 1.165) is 4.68 Å². The molecule has 0 saturated carbocycles. The van der Waals surface area contributed by atoms with Gasteiger partial charge in [-0.05, 0) is 41.5 Å². The van der Waals surface area contributed by atoms with Gasteiger partial charge in [-0.1, -0.05) is 17.3 Å². The summed E-state index contributed by atoms with van der Waals surface area (Å²) in [7, 11) is 0. The molecule has 0 aliphatic heterocycles. The molecule has 0 radical (unpaired) electrons. The summed E-state index contributed by atoms with van der Waals surface area (Å²) >= 11 is 0. The van der Waals surface area contributed by atoms with Crippen LogP contribution in [0.4, 0.5) is 13.2 Å². The van der Waals surface area contributed by atoms with E-state index in [9.17, 15) is 18.0 Å². The van der Waals surface area contributed by atoms with Gasteiger partial charge in [-0.15, -0.1) is 18.3 Å². The van der Waals surface area contributed by atoms with Crippen molar-refractivity contribution in [3.8, 4) is 22.9 Å². The van der Waals surface area contributed by atoms with Gasteiger partial charge in [-0.2, -0.15) is 4.98 Å². The van der Waals surface area contributed by atoms with Crippen LogP contribution in [0.3, 0.4) is 0 Å². The number of fused-ring (bicyclic) bond motifs is 1. The van der Waals surface area contributed by atoms with Gasteiger partial charge in [0.25, 0.3) is 5.89 Å². The highest BCUT2D eigenvalue weighted by atomic mass is 19.4. The van der Waals surface area contributed by atoms with Crippen LogP contribution in [0.5, 0.6) is 11.8 Å². The molecule has 178 valence electrons. The predicted molar refractivity (Wildman–Crippen MR) is 111 cm³/mol. The van der Waals surface area contributed by atoms with E-state index in [-0.39, 0.29) is 36.6 Å². The molecular weight excluding hydrogens is 471 g/mol. The van der Waals surface area contributed by atoms with Crippen LogP contribution in [0.2, 0.25) is 0 Å². The minimum absolute atomic E-state index is 0.0484. The summed E-state index contributed by atoms with van der Waals surface area (Å²) in [5.41, 5.74) is 1.09. The minimum atomic E-state index is -4.77. The minimum Gasteiger partial charge on any atom is -0.453 e. The zero-order chi connectivity index (χ0) is 24.4. The summed E-state index contributed by atoms with van der Waals surface area (Å²) in [5.74, 6) is 0.0431. The van der Waals surface area contributed by atoms with E-state index < -0.39 is 12.1 Å². The Hall–Kier alpha value is -4.75. The number of halogens is 3. The summed E-state index contributed by atoms with van der Waals surface area (Å²) in [6.07, 6.45) is -0.179. The average molecular weight is 485 g/mol. The Labute approximate surface area is 193 Å². The van der Waals surface area contributed by atoms with Gasteiger partial charge in [0.2, 0.25) is 0 Å². The van der Waals surface area contributed by atoms with Gasteiger partial charge in [-0.3, -0.25) is 0 Å². The maximum absolute atomic E-state index is 12.8. The fraction of sp³-hybridized carbons (Fsp3) is 0.143. The zero-order valence-electron chi connectivity index (χ0n) is 17.6. The highest BCUT2D eigenvalue weighted by Crippen LogP contribution is 2.26. The van der Waals surface area contributed by atoms with Crippen LogP contribution in [0.1, 0.15) is 11.7 Å². The lowest BCUT2D eigenvalue weighted by Crippen LogP contribution is -2.22. The Morgan fingerprint density at radius 2 is 1.74 bits per heavy atom. The largest absolute Gasteiger partial charge is 0.573 e. The van der Waals surface area contributed by atoms with Crippen molar-refractivity contribution in [3.63, 3.8) is 0 Å². The topological polar surface area (TPSA) is 122 Å². The molecule has 0 fully saturated rings. The Morgan fingerprint density at radius 3 is 2.49 bits per heavy atom. The highest BCUT2D eigenvalue weighted by Gasteiger charge is 2.31. The maximum Gasteiger partial charge on any atom is 0.573 e. The molecule has 4 heterocycles. The fourth-order valence-corrected chi connectivity index (χ4v) is 3.17. The van der Waals surface area contributed by atoms with Crippen molar-refractivity contribution in [2.45, 2.75) is 19.5 Å². The molecule has 0 amide bonds. The van der Waals surface area contributed by atoms with Gasteiger partial charge in [0, 0.05) is 18.6 Å². The number of ether oxygens (including phenoxy) is 2. The second-order valence-electron chi connectivity index (χ2n) is 7.08. The number of hydrogen-bond acceptors (Lipinski definition) is 9. The molecule has 5 aromatic rings. The van der Waals surface area contributed by atoms with Gasteiger partial charge >= 0.3 is 18.1 Å². The van der Waals surface area contributed by atoms with Crippen molar-refractivity contribution in [2.75, 3.05) is 0 Å². The summed E-state index contributed by atoms with van der Waals surface area (Å²) in [6.45, 7) is -0.0993. The van der Waals surface area contributed by atoms with Gasteiger partial charge < -0.3 is 14.0 Å². The van der Waals surface area contributed by atoms with Crippen LogP contribution in [0.15, 0.2) is 70.4 Å². The molecule has 0 saturated heterocycles. The van der Waals surface area contributed by atoms with E-state index in [0.29, 0.717) is 16.8 Å². The lowest BCUT2D eigenvalue weighted by atomic mass is 10.1. The Morgan fingerprint density at radius 1 is 1.00 bits per heavy atom. The molecule has 0 bridgehead atoms. The second-order valence-corrected chi connectivity index (χ2v) is 7.08. The van der Waals surface area contributed by atoms with Crippen LogP contribution in [-0.2, 0) is 13.2 Å². The van der Waals surface area contributed by atoms with Crippen LogP contribution >= 0.6 is 0 Å². The van der Waals surface area contributed by atoms with Crippen LogP contribution < -0.4 is 15.2 Å². The summed E-state index contributed by atoms with van der Waals surface area (Å²) in [5, 5.41) is 8.07. The molecule has 0 unspecified atom stereocenters. The first-order valence-electron chi connectivity index (χ1n) is 10.0. The van der Waals surface area contributed by atoms with E-state index in [1.54, 1.807) is 18.2 Å². The number of alkyl halides is 3. The Kier molecular flexibility index (Phi) is 5.60. The van der Waals surface area contributed by atoms with E-state index in [4.69, 9.17) is 9.26 Å². The summed E-state index contributed by atoms with van der Waals surface area (Å²) in [4.78, 5) is 24.8. The predicted octanol–water partition coefficient (Wildman–Crippen LogP) is 2.86. The van der Waals surface area contributed by atoms with E-state index in [1.165, 1.54) is 47.3 Å². The molecule has 0 atom stereocenters. The highest BCUT2D eigenvalue weighted by molar-refractivity contribution is 5.65. The maximum atomic E-state index is 12.8. The monoisotopic (exact) mass is 485 g/mol. The van der Waals surface area contributed by atoms with Crippen molar-refractivity contribution >= 4 is 5.65 Å². The molecule has 4 aromatic heterocycles. The van der Waals surface area contributed by atoms with Crippen LogP contribution in [0.25, 0.3) is 16.8 Å². The number of rotatable bonds is 7. The smallest absolute Gasteiger partial charge is 0.453 e. The lowest BCUT2D eigenvalue weighted by molar-refractivity contribution is -0.274. The molecule has 0 aliphatic carbocycles. The molecule has 5 rings (SSSR count). The molecule has 0 spiro atoms. The third-order valence-corrected chi connectivity index (χ3v) is 4.67. The second kappa shape index (κ2) is 8.89. The zero-order valence-corrected chi connectivity index (χ0v) is 17.6. The number of aromatic nitrogens is 7. The first kappa shape index (κ1) is 22.1. The van der Waals surface area contributed by atoms with Crippen molar-refractivity contribution in [1.82, 2.24) is 34.3 Å². The average Bonchev–Trinajstić information content (AvgIpc) is 3.42. The fourth-order valence-electron chi connectivity index (χ4n) is 3.17. The van der Waals surface area contributed by atoms with E-state index in [2.05, 4.69) is 29.9 Å². The van der Waals surface area contributed by atoms with Crippen LogP contribution in [-0.4, -0.2) is 40.7 Å². The molecule has 11 nitrogen and oxygen atoms in total. The van der Waals surface area contributed by atoms with Crippen molar-refractivity contribution in [3.05, 3.63) is 83.3 Å². The number of nitrogens with zero attached hydrogens (tertiary/aromatic N) is 7. The summed E-state index contributed by atoms with van der Waals surface area (Å²) < 4.78 is 53.9. The molecule has 14 heteroatoms. The molecule has 35 heavy (non-hydrogen) atoms. The molecular formula is C21H14F3N7O4. The van der Waals surface area contributed by atoms with E-state index >= 15 is 0 Å². The van der Waals surface area contributed by atoms with Crippen molar-refractivity contribution < 1.29 is 27.2 Å². The standard InChI is InChI=1S/C21H14F3N7O4/c22-21(23,24)34-15-5-2-13(3-6-15)14-4-7-17-28-31(20(32)30(17)10-14)11-16-27-18(35-29-16)12-33-19-25-8-1-9-26-19/h1-10H,11-12H2. The SMILES string of the molecule is O=c1n(Cc2noc(COc3ncccn3)n2)nc2ccc(-c3ccc(OC(F)(F)F)cc3)cn12. The molecule has 0 N–H and O–H groups in total. The van der Waals surface area contributed by atoms with E-state index in [1.807, 2.05) is 0 Å². The van der Waals surface area contributed by atoms with Crippen molar-refractivity contribution in [2.24, 2.45) is 0 Å². The Balaban J connectivity index is 1.31. The van der Waals surface area contributed by atoms with Gasteiger partial charge in [-0.25, -0.2) is 23.8 Å². The lowest BCUT2D eigenvalue weighted by Gasteiger charge is -2.09. The van der Waals surface area contributed by atoms with Gasteiger partial charge in [0.1, 0.15) is 12.3 Å². The summed E-state index contributed by atoms with van der Waals surface area (Å²) in [6, 6.07) is 10.4. The number of hydrogen-bond donors (Lipinski definition) is 0. The normalized spacial score (nSPS) is 11.6. The van der Waals surface area contributed by atoms with Crippen LogP contribution in [0, 0.1) is 0 Å². The van der Waals surface area contributed by atoms with Gasteiger partial charge in [0.05, 0.1) is 0 Å². The first-order valence-corrected chi connectivity index (χ1v) is 10.0. The van der Waals surface area contributed by atoms with Gasteiger partial charge in [0.15, 0.2) is 18.1 Å². The van der Waals surface area contributed by atoms with Crippen molar-refractivity contribution in [1.29, 1.82) is 0 Å². The third kappa shape index (κ3) is 5.10.